The molecule has 0 fully saturated rings. The zero-order chi connectivity index (χ0) is 48.4. The van der Waals surface area contributed by atoms with Crippen LogP contribution in [0, 0.1) is 0 Å². The van der Waals surface area contributed by atoms with Gasteiger partial charge in [-0.15, -0.1) is 0 Å². The molecule has 15 rings (SSSR count). The molecule has 12 aromatic rings. The summed E-state index contributed by atoms with van der Waals surface area (Å²) in [6, 6.07) is 109. The summed E-state index contributed by atoms with van der Waals surface area (Å²) in [4.78, 5) is 0. The molecule has 0 amide bonds. The molecular formula is C69H50OSi3. The van der Waals surface area contributed by atoms with E-state index in [1.54, 1.807) is 10.4 Å². The molecule has 3 heterocycles. The number of rotatable bonds is 5. The van der Waals surface area contributed by atoms with Crippen LogP contribution in [0.3, 0.4) is 0 Å². The topological polar surface area (TPSA) is 9.23 Å². The lowest BCUT2D eigenvalue weighted by molar-refractivity contribution is 0.487. The van der Waals surface area contributed by atoms with Crippen LogP contribution in [0.2, 0.25) is 0 Å². The molecular weight excluding hydrogens is 929 g/mol. The minimum atomic E-state index is -2.88. The quantitative estimate of drug-likeness (QED) is 0.156. The van der Waals surface area contributed by atoms with Crippen molar-refractivity contribution >= 4 is 96.7 Å². The van der Waals surface area contributed by atoms with Gasteiger partial charge in [-0.05, 0) is 104 Å². The summed E-state index contributed by atoms with van der Waals surface area (Å²) in [5.74, 6) is 2.00. The van der Waals surface area contributed by atoms with Gasteiger partial charge in [0.05, 0.1) is 0 Å². The monoisotopic (exact) mass is 978 g/mol. The third kappa shape index (κ3) is 6.38. The summed E-state index contributed by atoms with van der Waals surface area (Å²) in [6.07, 6.45) is 0.965. The minimum absolute atomic E-state index is 0.965. The molecule has 0 spiro atoms. The Labute approximate surface area is 430 Å². The third-order valence-electron chi connectivity index (χ3n) is 16.3. The highest BCUT2D eigenvalue weighted by molar-refractivity contribution is 7.67. The van der Waals surface area contributed by atoms with E-state index in [1.807, 2.05) is 0 Å². The van der Waals surface area contributed by atoms with Crippen molar-refractivity contribution in [3.05, 3.63) is 302 Å². The van der Waals surface area contributed by atoms with Crippen molar-refractivity contribution < 1.29 is 4.74 Å². The molecule has 344 valence electrons. The Morgan fingerprint density at radius 2 is 0.589 bits per heavy atom. The van der Waals surface area contributed by atoms with Crippen molar-refractivity contribution in [3.8, 4) is 22.6 Å². The summed E-state index contributed by atoms with van der Waals surface area (Å²) in [5, 5.41) is 19.9. The highest BCUT2D eigenvalue weighted by Gasteiger charge is 2.66. The number of benzene rings is 12. The largest absolute Gasteiger partial charge is 0.458 e. The SMILES string of the molecule is c1ccc([Si]2([Si]3(c4ccccc4)c4ccccc4Oc4ccccc43)c3ccccc3Cc3ccccc32)cc1.c1ccc2c(c1)-c1ccccc1[Si]2(c1ccc2ccccc2c1)c1ccc2ccccc2c1. The summed E-state index contributed by atoms with van der Waals surface area (Å²) in [7, 11) is -8.17. The average Bonchev–Trinajstić information content (AvgIpc) is 3.78. The maximum atomic E-state index is 6.76. The summed E-state index contributed by atoms with van der Waals surface area (Å²) in [6.45, 7) is 0. The van der Waals surface area contributed by atoms with Crippen LogP contribution in [0.15, 0.2) is 291 Å². The van der Waals surface area contributed by atoms with Crippen molar-refractivity contribution in [3.63, 3.8) is 0 Å². The minimum Gasteiger partial charge on any atom is -0.458 e. The Bertz CT molecular complexity index is 3720. The van der Waals surface area contributed by atoms with Crippen molar-refractivity contribution in [2.75, 3.05) is 0 Å². The molecule has 0 saturated heterocycles. The Kier molecular flexibility index (Phi) is 10.4. The first kappa shape index (κ1) is 43.4. The van der Waals surface area contributed by atoms with Crippen LogP contribution < -0.4 is 56.6 Å². The van der Waals surface area contributed by atoms with Crippen LogP contribution in [-0.2, 0) is 6.42 Å². The van der Waals surface area contributed by atoms with Gasteiger partial charge in [0.15, 0.2) is 23.3 Å². The van der Waals surface area contributed by atoms with Crippen LogP contribution in [-0.4, -0.2) is 23.3 Å². The second kappa shape index (κ2) is 17.4. The number of ether oxygens (including phenoxy) is 1. The lowest BCUT2D eigenvalue weighted by atomic mass is 10.0. The fourth-order valence-electron chi connectivity index (χ4n) is 13.5. The fourth-order valence-corrected chi connectivity index (χ4v) is 39.3. The van der Waals surface area contributed by atoms with Gasteiger partial charge < -0.3 is 4.74 Å². The van der Waals surface area contributed by atoms with Gasteiger partial charge in [-0.1, -0.05) is 289 Å². The summed E-state index contributed by atoms with van der Waals surface area (Å²) >= 11 is 0. The van der Waals surface area contributed by atoms with E-state index in [0.717, 1.165) is 17.9 Å². The predicted molar refractivity (Wildman–Crippen MR) is 315 cm³/mol. The lowest BCUT2D eigenvalue weighted by Gasteiger charge is -2.54. The molecule has 1 nitrogen and oxygen atoms in total. The zero-order valence-corrected chi connectivity index (χ0v) is 43.3. The summed E-state index contributed by atoms with van der Waals surface area (Å²) < 4.78 is 6.76. The highest BCUT2D eigenvalue weighted by atomic mass is 29.3. The molecule has 73 heavy (non-hydrogen) atoms. The first-order chi connectivity index (χ1) is 36.2. The molecule has 0 atom stereocenters. The second-order valence-electron chi connectivity index (χ2n) is 19.8. The van der Waals surface area contributed by atoms with Gasteiger partial charge in [0.25, 0.3) is 0 Å². The van der Waals surface area contributed by atoms with Gasteiger partial charge in [-0.3, -0.25) is 0 Å². The van der Waals surface area contributed by atoms with Crippen LogP contribution in [0.25, 0.3) is 32.7 Å². The maximum absolute atomic E-state index is 6.76. The maximum Gasteiger partial charge on any atom is 0.180 e. The molecule has 0 unspecified atom stereocenters. The second-order valence-corrected chi connectivity index (χ2v) is 34.3. The van der Waals surface area contributed by atoms with E-state index in [2.05, 4.69) is 291 Å². The van der Waals surface area contributed by atoms with Gasteiger partial charge in [-0.2, -0.15) is 0 Å². The molecule has 0 aromatic heterocycles. The Balaban J connectivity index is 0.000000138. The van der Waals surface area contributed by atoms with E-state index < -0.39 is 23.3 Å². The Morgan fingerprint density at radius 3 is 1.05 bits per heavy atom. The van der Waals surface area contributed by atoms with E-state index in [-0.39, 0.29) is 0 Å². The first-order valence-electron chi connectivity index (χ1n) is 25.5. The van der Waals surface area contributed by atoms with Gasteiger partial charge in [0, 0.05) is 0 Å². The standard InChI is InChI=1S/C37H28OSi2.C32H22Si/c1-3-17-30(18-4-1)39(34-23-11-7-15-28(34)27-29-16-8-12-24-35(29)39)40(31-19-5-2-6-20-31)36-25-13-9-21-32(36)38-33-22-10-14-26-37(33)40;1-3-11-25-21-27(19-17-23(25)9-1)33(28-20-18-24-10-2-4-12-26(24)22-28)31-15-7-5-13-29(31)30-14-6-8-16-32(30)33/h1-26H,27H2;1-22H. The Morgan fingerprint density at radius 1 is 0.247 bits per heavy atom. The third-order valence-corrected chi connectivity index (χ3v) is 38.1. The molecule has 0 aliphatic carbocycles. The van der Waals surface area contributed by atoms with E-state index in [9.17, 15) is 0 Å². The highest BCUT2D eigenvalue weighted by Crippen LogP contribution is 2.37. The molecule has 0 bridgehead atoms. The number of para-hydroxylation sites is 2. The van der Waals surface area contributed by atoms with Crippen LogP contribution in [0.5, 0.6) is 11.5 Å². The van der Waals surface area contributed by atoms with Crippen molar-refractivity contribution in [2.45, 2.75) is 6.42 Å². The number of fused-ring (bicyclic) bond motifs is 9. The normalized spacial score (nSPS) is 14.7. The van der Waals surface area contributed by atoms with Crippen molar-refractivity contribution in [2.24, 2.45) is 0 Å². The molecule has 0 radical (unpaired) electrons. The number of hydrogen-bond donors (Lipinski definition) is 0. The molecule has 0 saturated carbocycles. The van der Waals surface area contributed by atoms with Gasteiger partial charge >= 0.3 is 0 Å². The van der Waals surface area contributed by atoms with Crippen LogP contribution in [0.1, 0.15) is 11.1 Å². The average molecular weight is 979 g/mol. The first-order valence-corrected chi connectivity index (χ1v) is 32.5. The Hall–Kier alpha value is -8.39. The molecule has 4 heteroatoms. The molecule has 3 aliphatic rings. The molecule has 3 aliphatic heterocycles. The van der Waals surface area contributed by atoms with Crippen LogP contribution >= 0.6 is 0 Å². The lowest BCUT2D eigenvalue weighted by Crippen LogP contribution is -2.95. The number of hydrogen-bond acceptors (Lipinski definition) is 1. The fraction of sp³-hybridized carbons (Fsp3) is 0.0145. The van der Waals surface area contributed by atoms with E-state index in [4.69, 9.17) is 4.74 Å². The smallest absolute Gasteiger partial charge is 0.180 e. The van der Waals surface area contributed by atoms with E-state index in [1.165, 1.54) is 85.3 Å². The van der Waals surface area contributed by atoms with Crippen molar-refractivity contribution in [1.29, 1.82) is 0 Å². The van der Waals surface area contributed by atoms with Gasteiger partial charge in [0.2, 0.25) is 0 Å². The molecule has 0 N–H and O–H groups in total. The molecule has 12 aromatic carbocycles. The zero-order valence-electron chi connectivity index (χ0n) is 40.3. The van der Waals surface area contributed by atoms with Gasteiger partial charge in [0.1, 0.15) is 11.5 Å². The predicted octanol–water partition coefficient (Wildman–Crippen LogP) is 9.77. The summed E-state index contributed by atoms with van der Waals surface area (Å²) in [5.41, 5.74) is 5.70. The van der Waals surface area contributed by atoms with Crippen molar-refractivity contribution in [1.82, 2.24) is 0 Å². The van der Waals surface area contributed by atoms with Gasteiger partial charge in [-0.25, -0.2) is 0 Å². The van der Waals surface area contributed by atoms with E-state index >= 15 is 0 Å². The van der Waals surface area contributed by atoms with E-state index in [0.29, 0.717) is 0 Å². The van der Waals surface area contributed by atoms with Crippen LogP contribution in [0.4, 0.5) is 0 Å².